The summed E-state index contributed by atoms with van der Waals surface area (Å²) in [6.45, 7) is 3.26. The molecule has 0 bridgehead atoms. The van der Waals surface area contributed by atoms with Crippen molar-refractivity contribution >= 4 is 5.91 Å². The van der Waals surface area contributed by atoms with Crippen LogP contribution < -0.4 is 0 Å². The molecule has 0 radical (unpaired) electrons. The Balaban J connectivity index is 2.10. The summed E-state index contributed by atoms with van der Waals surface area (Å²) in [7, 11) is 1.88. The molecule has 0 N–H and O–H groups in total. The first-order valence-electron chi connectivity index (χ1n) is 7.37. The predicted molar refractivity (Wildman–Crippen MR) is 72.3 cm³/mol. The van der Waals surface area contributed by atoms with E-state index in [1.165, 1.54) is 19.3 Å². The summed E-state index contributed by atoms with van der Waals surface area (Å²) in [5.41, 5.74) is -0.843. The van der Waals surface area contributed by atoms with E-state index in [0.29, 0.717) is 38.0 Å². The third-order valence-corrected chi connectivity index (χ3v) is 4.85. The zero-order chi connectivity index (χ0) is 13.9. The first-order valence-corrected chi connectivity index (χ1v) is 7.37. The van der Waals surface area contributed by atoms with Crippen molar-refractivity contribution in [2.75, 3.05) is 20.3 Å². The van der Waals surface area contributed by atoms with Crippen LogP contribution in [0.15, 0.2) is 0 Å². The van der Waals surface area contributed by atoms with Gasteiger partial charge in [0.2, 0.25) is 5.91 Å². The van der Waals surface area contributed by atoms with Crippen molar-refractivity contribution in [1.82, 2.24) is 4.90 Å². The Kier molecular flexibility index (Phi) is 4.46. The maximum Gasteiger partial charge on any atom is 0.243 e. The lowest BCUT2D eigenvalue weighted by molar-refractivity contribution is -0.145. The number of hydrogen-bond acceptors (Lipinski definition) is 3. The second-order valence-electron chi connectivity index (χ2n) is 6.05. The van der Waals surface area contributed by atoms with Crippen molar-refractivity contribution in [3.63, 3.8) is 0 Å². The minimum atomic E-state index is -0.843. The van der Waals surface area contributed by atoms with Crippen LogP contribution in [0.3, 0.4) is 0 Å². The molecule has 2 unspecified atom stereocenters. The summed E-state index contributed by atoms with van der Waals surface area (Å²) in [5, 5.41) is 9.47. The SMILES string of the molecule is CC1CCCCC1N(C)C(=O)C1(C#N)CCOCC1. The number of carbonyl (C=O) groups is 1. The van der Waals surface area contributed by atoms with Gasteiger partial charge in [-0.2, -0.15) is 5.26 Å². The average molecular weight is 264 g/mol. The standard InChI is InChI=1S/C15H24N2O2/c1-12-5-3-4-6-13(12)17(2)14(18)15(11-16)7-9-19-10-8-15/h12-13H,3-10H2,1-2H3. The fourth-order valence-electron chi connectivity index (χ4n) is 3.45. The Bertz CT molecular complexity index is 369. The molecule has 2 aliphatic rings. The van der Waals surface area contributed by atoms with Crippen LogP contribution in [0.1, 0.15) is 45.4 Å². The molecule has 2 atom stereocenters. The molecule has 1 heterocycles. The topological polar surface area (TPSA) is 53.3 Å². The number of ether oxygens (including phenoxy) is 1. The van der Waals surface area contributed by atoms with E-state index in [2.05, 4.69) is 13.0 Å². The number of nitriles is 1. The number of carbonyl (C=O) groups excluding carboxylic acids is 1. The molecule has 1 aliphatic carbocycles. The molecule has 2 rings (SSSR count). The number of rotatable bonds is 2. The van der Waals surface area contributed by atoms with E-state index in [0.717, 1.165) is 6.42 Å². The minimum Gasteiger partial charge on any atom is -0.381 e. The normalized spacial score (nSPS) is 30.4. The lowest BCUT2D eigenvalue weighted by Crippen LogP contribution is -2.50. The van der Waals surface area contributed by atoms with Crippen molar-refractivity contribution < 1.29 is 9.53 Å². The number of hydrogen-bond donors (Lipinski definition) is 0. The maximum atomic E-state index is 12.7. The number of nitrogens with zero attached hydrogens (tertiary/aromatic N) is 2. The summed E-state index contributed by atoms with van der Waals surface area (Å²) in [5.74, 6) is 0.551. The van der Waals surface area contributed by atoms with E-state index in [-0.39, 0.29) is 5.91 Å². The first-order chi connectivity index (χ1) is 9.10. The molecule has 4 heteroatoms. The highest BCUT2D eigenvalue weighted by atomic mass is 16.5. The van der Waals surface area contributed by atoms with E-state index in [9.17, 15) is 10.1 Å². The van der Waals surface area contributed by atoms with Gasteiger partial charge >= 0.3 is 0 Å². The fourth-order valence-corrected chi connectivity index (χ4v) is 3.45. The Labute approximate surface area is 115 Å². The van der Waals surface area contributed by atoms with Crippen LogP contribution in [-0.2, 0) is 9.53 Å². The van der Waals surface area contributed by atoms with Gasteiger partial charge in [0, 0.05) is 26.3 Å². The van der Waals surface area contributed by atoms with Gasteiger partial charge in [0.05, 0.1) is 6.07 Å². The van der Waals surface area contributed by atoms with Crippen LogP contribution in [-0.4, -0.2) is 37.1 Å². The van der Waals surface area contributed by atoms with Crippen LogP contribution in [0.4, 0.5) is 0 Å². The highest BCUT2D eigenvalue weighted by Crippen LogP contribution is 2.35. The van der Waals surface area contributed by atoms with Crippen molar-refractivity contribution in [3.05, 3.63) is 0 Å². The Morgan fingerprint density at radius 3 is 2.53 bits per heavy atom. The highest BCUT2D eigenvalue weighted by Gasteiger charge is 2.44. The molecule has 2 fully saturated rings. The smallest absolute Gasteiger partial charge is 0.243 e. The Hall–Kier alpha value is -1.08. The molecular weight excluding hydrogens is 240 g/mol. The average Bonchev–Trinajstić information content (AvgIpc) is 2.47. The first kappa shape index (κ1) is 14.3. The van der Waals surface area contributed by atoms with Gasteiger partial charge in [-0.15, -0.1) is 0 Å². The van der Waals surface area contributed by atoms with Gasteiger partial charge in [-0.25, -0.2) is 0 Å². The van der Waals surface area contributed by atoms with Gasteiger partial charge in [-0.1, -0.05) is 19.8 Å². The Morgan fingerprint density at radius 2 is 1.95 bits per heavy atom. The van der Waals surface area contributed by atoms with Crippen molar-refractivity contribution in [1.29, 1.82) is 5.26 Å². The van der Waals surface area contributed by atoms with Gasteiger partial charge in [0.25, 0.3) is 0 Å². The molecule has 1 aliphatic heterocycles. The van der Waals surface area contributed by atoms with Crippen LogP contribution >= 0.6 is 0 Å². The molecule has 0 aromatic carbocycles. The van der Waals surface area contributed by atoms with Crippen molar-refractivity contribution in [3.8, 4) is 6.07 Å². The van der Waals surface area contributed by atoms with E-state index in [1.807, 2.05) is 11.9 Å². The van der Waals surface area contributed by atoms with E-state index >= 15 is 0 Å². The molecule has 0 spiro atoms. The second kappa shape index (κ2) is 5.92. The molecule has 19 heavy (non-hydrogen) atoms. The third-order valence-electron chi connectivity index (χ3n) is 4.85. The molecule has 0 aromatic heterocycles. The van der Waals surface area contributed by atoms with Crippen molar-refractivity contribution in [2.45, 2.75) is 51.5 Å². The maximum absolute atomic E-state index is 12.7. The van der Waals surface area contributed by atoms with Gasteiger partial charge in [-0.05, 0) is 31.6 Å². The molecule has 0 aromatic rings. The summed E-state index contributed by atoms with van der Waals surface area (Å²) < 4.78 is 5.30. The fraction of sp³-hybridized carbons (Fsp3) is 0.867. The summed E-state index contributed by atoms with van der Waals surface area (Å²) in [6, 6.07) is 2.58. The molecule has 1 saturated carbocycles. The lowest BCUT2D eigenvalue weighted by Gasteiger charge is -2.40. The van der Waals surface area contributed by atoms with E-state index < -0.39 is 5.41 Å². The monoisotopic (exact) mass is 264 g/mol. The summed E-state index contributed by atoms with van der Waals surface area (Å²) in [6.07, 6.45) is 5.78. The van der Waals surface area contributed by atoms with Gasteiger partial charge in [0.15, 0.2) is 0 Å². The van der Waals surface area contributed by atoms with Crippen LogP contribution in [0.25, 0.3) is 0 Å². The Morgan fingerprint density at radius 1 is 1.32 bits per heavy atom. The van der Waals surface area contributed by atoms with Crippen LogP contribution in [0.2, 0.25) is 0 Å². The summed E-state index contributed by atoms with van der Waals surface area (Å²) >= 11 is 0. The van der Waals surface area contributed by atoms with Gasteiger partial charge in [0.1, 0.15) is 5.41 Å². The van der Waals surface area contributed by atoms with Crippen LogP contribution in [0, 0.1) is 22.7 Å². The van der Waals surface area contributed by atoms with Gasteiger partial charge in [-0.3, -0.25) is 4.79 Å². The molecule has 4 nitrogen and oxygen atoms in total. The number of amides is 1. The van der Waals surface area contributed by atoms with E-state index in [1.54, 1.807) is 0 Å². The molecule has 1 saturated heterocycles. The predicted octanol–water partition coefficient (Wildman–Crippen LogP) is 2.34. The molecule has 106 valence electrons. The minimum absolute atomic E-state index is 0.0112. The van der Waals surface area contributed by atoms with Gasteiger partial charge < -0.3 is 9.64 Å². The van der Waals surface area contributed by atoms with E-state index in [4.69, 9.17) is 4.74 Å². The largest absolute Gasteiger partial charge is 0.381 e. The second-order valence-corrected chi connectivity index (χ2v) is 6.05. The summed E-state index contributed by atoms with van der Waals surface area (Å²) in [4.78, 5) is 14.6. The zero-order valence-corrected chi connectivity index (χ0v) is 12.0. The third kappa shape index (κ3) is 2.76. The van der Waals surface area contributed by atoms with Crippen molar-refractivity contribution in [2.24, 2.45) is 11.3 Å². The lowest BCUT2D eigenvalue weighted by atomic mass is 9.78. The quantitative estimate of drug-likeness (QED) is 0.769. The highest BCUT2D eigenvalue weighted by molar-refractivity contribution is 5.85. The zero-order valence-electron chi connectivity index (χ0n) is 12.0. The molecule has 1 amide bonds. The van der Waals surface area contributed by atoms with Crippen LogP contribution in [0.5, 0.6) is 0 Å². The molecular formula is C15H24N2O2.